The minimum atomic E-state index is -0.495. The zero-order valence-electron chi connectivity index (χ0n) is 18.5. The molecule has 4 rings (SSSR count). The Morgan fingerprint density at radius 2 is 1.88 bits per heavy atom. The van der Waals surface area contributed by atoms with Crippen LogP contribution in [0.2, 0.25) is 0 Å². The number of carbonyl (C=O) groups is 1. The molecule has 4 N–H and O–H groups in total. The molecule has 0 atom stereocenters. The number of benzene rings is 2. The SMILES string of the molecule is Nc1ccc2nc(C(=O)NCc3ccnc(OCCCOCc4ccccc4)c3)[nH]c(=O)c2c1. The Balaban J connectivity index is 1.25. The van der Waals surface area contributed by atoms with Crippen molar-refractivity contribution in [1.82, 2.24) is 20.3 Å². The van der Waals surface area contributed by atoms with E-state index in [9.17, 15) is 9.59 Å². The van der Waals surface area contributed by atoms with E-state index in [1.165, 1.54) is 6.07 Å². The van der Waals surface area contributed by atoms with Crippen LogP contribution in [0.5, 0.6) is 5.88 Å². The van der Waals surface area contributed by atoms with Crippen LogP contribution in [0.1, 0.15) is 28.2 Å². The van der Waals surface area contributed by atoms with Crippen LogP contribution in [-0.4, -0.2) is 34.1 Å². The molecule has 1 amide bonds. The number of aromatic amines is 1. The molecule has 9 nitrogen and oxygen atoms in total. The van der Waals surface area contributed by atoms with E-state index in [0.29, 0.717) is 42.3 Å². The van der Waals surface area contributed by atoms with Gasteiger partial charge in [0.2, 0.25) is 5.88 Å². The van der Waals surface area contributed by atoms with Gasteiger partial charge < -0.3 is 25.5 Å². The fourth-order valence-electron chi connectivity index (χ4n) is 3.27. The maximum absolute atomic E-state index is 12.5. The second-order valence-corrected chi connectivity index (χ2v) is 7.62. The molecule has 174 valence electrons. The van der Waals surface area contributed by atoms with Crippen molar-refractivity contribution in [3.05, 3.63) is 94.2 Å². The van der Waals surface area contributed by atoms with Crippen LogP contribution in [0.3, 0.4) is 0 Å². The highest BCUT2D eigenvalue weighted by Crippen LogP contribution is 2.12. The zero-order valence-corrected chi connectivity index (χ0v) is 18.5. The smallest absolute Gasteiger partial charge is 0.287 e. The van der Waals surface area contributed by atoms with Gasteiger partial charge in [0.25, 0.3) is 11.5 Å². The lowest BCUT2D eigenvalue weighted by molar-refractivity contribution is 0.0940. The summed E-state index contributed by atoms with van der Waals surface area (Å²) in [5.41, 5.74) is 8.07. The number of nitrogens with two attached hydrogens (primary N) is 1. The van der Waals surface area contributed by atoms with Crippen LogP contribution in [0.25, 0.3) is 10.9 Å². The summed E-state index contributed by atoms with van der Waals surface area (Å²) in [4.78, 5) is 35.7. The first kappa shape index (κ1) is 22.9. The number of hydrogen-bond acceptors (Lipinski definition) is 7. The molecule has 0 unspecified atom stereocenters. The predicted octanol–water partition coefficient (Wildman–Crippen LogP) is 2.82. The number of carbonyl (C=O) groups excluding carboxylic acids is 1. The predicted molar refractivity (Wildman–Crippen MR) is 128 cm³/mol. The standard InChI is InChI=1S/C25H25N5O4/c26-19-7-8-21-20(14-19)24(31)30-23(29-21)25(32)28-15-18-9-10-27-22(13-18)34-12-4-11-33-16-17-5-2-1-3-6-17/h1-3,5-10,13-14H,4,11-12,15-16,26H2,(H,28,32)(H,29,30,31). The van der Waals surface area contributed by atoms with E-state index in [2.05, 4.69) is 20.3 Å². The molecule has 0 fully saturated rings. The van der Waals surface area contributed by atoms with Crippen LogP contribution >= 0.6 is 0 Å². The average molecular weight is 460 g/mol. The van der Waals surface area contributed by atoms with Crippen LogP contribution in [-0.2, 0) is 17.9 Å². The van der Waals surface area contributed by atoms with Gasteiger partial charge in [-0.2, -0.15) is 0 Å². The van der Waals surface area contributed by atoms with Gasteiger partial charge in [-0.1, -0.05) is 30.3 Å². The van der Waals surface area contributed by atoms with Gasteiger partial charge in [0.15, 0.2) is 5.82 Å². The number of rotatable bonds is 10. The van der Waals surface area contributed by atoms with Crippen molar-refractivity contribution in [3.8, 4) is 5.88 Å². The Morgan fingerprint density at radius 1 is 1.03 bits per heavy atom. The molecule has 0 saturated carbocycles. The summed E-state index contributed by atoms with van der Waals surface area (Å²) in [5, 5.41) is 3.08. The third kappa shape index (κ3) is 6.17. The molecule has 0 aliphatic rings. The number of amides is 1. The van der Waals surface area contributed by atoms with Crippen molar-refractivity contribution >= 4 is 22.5 Å². The van der Waals surface area contributed by atoms with Gasteiger partial charge >= 0.3 is 0 Å². The summed E-state index contributed by atoms with van der Waals surface area (Å²) in [5.74, 6) is -0.0985. The molecule has 2 aromatic heterocycles. The van der Waals surface area contributed by atoms with Crippen molar-refractivity contribution in [1.29, 1.82) is 0 Å². The number of H-pyrrole nitrogens is 1. The van der Waals surface area contributed by atoms with Crippen LogP contribution in [0.4, 0.5) is 5.69 Å². The number of hydrogen-bond donors (Lipinski definition) is 3. The van der Waals surface area contributed by atoms with Crippen LogP contribution in [0.15, 0.2) is 71.7 Å². The molecular formula is C25H25N5O4. The third-order valence-corrected chi connectivity index (χ3v) is 4.99. The number of anilines is 1. The molecule has 0 spiro atoms. The first-order valence-electron chi connectivity index (χ1n) is 10.9. The topological polar surface area (TPSA) is 132 Å². The zero-order chi connectivity index (χ0) is 23.8. The summed E-state index contributed by atoms with van der Waals surface area (Å²) in [6.07, 6.45) is 2.34. The fraction of sp³-hybridized carbons (Fsp3) is 0.200. The fourth-order valence-corrected chi connectivity index (χ4v) is 3.27. The van der Waals surface area contributed by atoms with Gasteiger partial charge in [-0.05, 0) is 35.4 Å². The molecule has 2 heterocycles. The molecular weight excluding hydrogens is 434 g/mol. The summed E-state index contributed by atoms with van der Waals surface area (Å²) in [7, 11) is 0. The molecule has 0 bridgehead atoms. The Labute approximate surface area is 196 Å². The van der Waals surface area contributed by atoms with Gasteiger partial charge in [-0.25, -0.2) is 9.97 Å². The molecule has 34 heavy (non-hydrogen) atoms. The third-order valence-electron chi connectivity index (χ3n) is 4.99. The number of pyridine rings is 1. The number of fused-ring (bicyclic) bond motifs is 1. The summed E-state index contributed by atoms with van der Waals surface area (Å²) >= 11 is 0. The quantitative estimate of drug-likeness (QED) is 0.245. The number of nitrogens with one attached hydrogen (secondary N) is 2. The minimum Gasteiger partial charge on any atom is -0.478 e. The van der Waals surface area contributed by atoms with Crippen molar-refractivity contribution in [2.45, 2.75) is 19.6 Å². The van der Waals surface area contributed by atoms with E-state index in [0.717, 1.165) is 17.5 Å². The van der Waals surface area contributed by atoms with E-state index in [1.54, 1.807) is 30.5 Å². The first-order valence-corrected chi connectivity index (χ1v) is 10.9. The average Bonchev–Trinajstić information content (AvgIpc) is 2.86. The lowest BCUT2D eigenvalue weighted by atomic mass is 10.2. The van der Waals surface area contributed by atoms with E-state index in [-0.39, 0.29) is 12.4 Å². The highest BCUT2D eigenvalue weighted by molar-refractivity contribution is 5.92. The van der Waals surface area contributed by atoms with E-state index >= 15 is 0 Å². The highest BCUT2D eigenvalue weighted by Gasteiger charge is 2.12. The lowest BCUT2D eigenvalue weighted by Crippen LogP contribution is -2.27. The summed E-state index contributed by atoms with van der Waals surface area (Å²) in [6.45, 7) is 1.83. The summed E-state index contributed by atoms with van der Waals surface area (Å²) in [6, 6.07) is 18.3. The number of nitrogens with zero attached hydrogens (tertiary/aromatic N) is 2. The molecule has 0 aliphatic heterocycles. The normalized spacial score (nSPS) is 10.8. The molecule has 9 heteroatoms. The Hall–Kier alpha value is -4.24. The van der Waals surface area contributed by atoms with Crippen molar-refractivity contribution < 1.29 is 14.3 Å². The van der Waals surface area contributed by atoms with Crippen LogP contribution < -0.4 is 21.3 Å². The maximum atomic E-state index is 12.5. The largest absolute Gasteiger partial charge is 0.478 e. The molecule has 0 aliphatic carbocycles. The first-order chi connectivity index (χ1) is 16.6. The molecule has 4 aromatic rings. The Morgan fingerprint density at radius 3 is 2.74 bits per heavy atom. The van der Waals surface area contributed by atoms with E-state index < -0.39 is 11.5 Å². The second-order valence-electron chi connectivity index (χ2n) is 7.62. The summed E-state index contributed by atoms with van der Waals surface area (Å²) < 4.78 is 11.3. The van der Waals surface area contributed by atoms with Gasteiger partial charge in [-0.15, -0.1) is 0 Å². The highest BCUT2D eigenvalue weighted by atomic mass is 16.5. The second kappa shape index (κ2) is 11.1. The van der Waals surface area contributed by atoms with Gasteiger partial charge in [0.05, 0.1) is 30.7 Å². The number of aromatic nitrogens is 3. The minimum absolute atomic E-state index is 0.0664. The number of nitrogen functional groups attached to an aromatic ring is 1. The van der Waals surface area contributed by atoms with Gasteiger partial charge in [-0.3, -0.25) is 9.59 Å². The lowest BCUT2D eigenvalue weighted by Gasteiger charge is -2.09. The van der Waals surface area contributed by atoms with Crippen molar-refractivity contribution in [2.24, 2.45) is 0 Å². The Bertz CT molecular complexity index is 1320. The van der Waals surface area contributed by atoms with E-state index in [1.807, 2.05) is 30.3 Å². The molecule has 2 aromatic carbocycles. The molecule has 0 radical (unpaired) electrons. The van der Waals surface area contributed by atoms with Crippen molar-refractivity contribution in [3.63, 3.8) is 0 Å². The van der Waals surface area contributed by atoms with Crippen molar-refractivity contribution in [2.75, 3.05) is 18.9 Å². The van der Waals surface area contributed by atoms with Gasteiger partial charge in [0.1, 0.15) is 0 Å². The van der Waals surface area contributed by atoms with E-state index in [4.69, 9.17) is 15.2 Å². The van der Waals surface area contributed by atoms with Crippen LogP contribution in [0, 0.1) is 0 Å². The van der Waals surface area contributed by atoms with Gasteiger partial charge in [0, 0.05) is 30.9 Å². The molecule has 0 saturated heterocycles. The number of ether oxygens (including phenoxy) is 2. The maximum Gasteiger partial charge on any atom is 0.287 e. The monoisotopic (exact) mass is 459 g/mol. The Kier molecular flexibility index (Phi) is 7.46.